The molecular weight excluding hydrogens is 424 g/mol. The van der Waals surface area contributed by atoms with Gasteiger partial charge >= 0.3 is 0 Å². The Bertz CT molecular complexity index is 1170. The Labute approximate surface area is 192 Å². The van der Waals surface area contributed by atoms with Crippen molar-refractivity contribution in [3.05, 3.63) is 59.4 Å². The summed E-state index contributed by atoms with van der Waals surface area (Å²) >= 11 is 6.36. The quantitative estimate of drug-likeness (QED) is 0.589. The smallest absolute Gasteiger partial charge is 0.242 e. The van der Waals surface area contributed by atoms with E-state index >= 15 is 0 Å². The van der Waals surface area contributed by atoms with Gasteiger partial charge in [0, 0.05) is 32.0 Å². The second kappa shape index (κ2) is 8.58. The summed E-state index contributed by atoms with van der Waals surface area (Å²) in [6.07, 6.45) is 2.45. The van der Waals surface area contributed by atoms with Crippen LogP contribution in [0.3, 0.4) is 0 Å². The third-order valence-electron chi connectivity index (χ3n) is 6.75. The van der Waals surface area contributed by atoms with Crippen molar-refractivity contribution in [3.63, 3.8) is 0 Å². The third kappa shape index (κ3) is 3.88. The molecule has 1 unspecified atom stereocenters. The number of amides is 2. The van der Waals surface area contributed by atoms with E-state index in [0.29, 0.717) is 23.9 Å². The fourth-order valence-electron chi connectivity index (χ4n) is 4.85. The maximum atomic E-state index is 13.2. The lowest BCUT2D eigenvalue weighted by molar-refractivity contribution is -0.133. The van der Waals surface area contributed by atoms with Crippen molar-refractivity contribution in [1.82, 2.24) is 14.5 Å². The first-order chi connectivity index (χ1) is 15.5. The lowest BCUT2D eigenvalue weighted by atomic mass is 9.99. The standard InChI is InChI=1S/C25H27ClN4O2/c1-17-10-12-28(13-11-17)24(32)16-30-22-9-5-3-7-20(22)27-25(30)18-14-23(31)29(15-18)21-8-4-2-6-19(21)26/h2-9,17-18H,10-16H2,1H3. The fraction of sp³-hybridized carbons (Fsp3) is 0.400. The lowest BCUT2D eigenvalue weighted by Crippen LogP contribution is -2.40. The monoisotopic (exact) mass is 450 g/mol. The van der Waals surface area contributed by atoms with Gasteiger partial charge in [-0.1, -0.05) is 42.8 Å². The molecule has 2 aliphatic heterocycles. The van der Waals surface area contributed by atoms with E-state index in [2.05, 4.69) is 6.92 Å². The fourth-order valence-corrected chi connectivity index (χ4v) is 5.09. The topological polar surface area (TPSA) is 58.4 Å². The van der Waals surface area contributed by atoms with Crippen LogP contribution in [-0.4, -0.2) is 45.9 Å². The molecular formula is C25H27ClN4O2. The maximum absolute atomic E-state index is 13.2. The first-order valence-electron chi connectivity index (χ1n) is 11.3. The SMILES string of the molecule is CC1CCN(C(=O)Cn2c(C3CC(=O)N(c4ccccc4Cl)C3)nc3ccccc32)CC1. The molecule has 7 heteroatoms. The summed E-state index contributed by atoms with van der Waals surface area (Å²) < 4.78 is 2.02. The van der Waals surface area contributed by atoms with E-state index in [1.165, 1.54) is 0 Å². The summed E-state index contributed by atoms with van der Waals surface area (Å²) in [6, 6.07) is 15.3. The van der Waals surface area contributed by atoms with Gasteiger partial charge in [0.15, 0.2) is 0 Å². The predicted octanol–water partition coefficient (Wildman–Crippen LogP) is 4.47. The van der Waals surface area contributed by atoms with Gasteiger partial charge in [-0.05, 0) is 43.0 Å². The van der Waals surface area contributed by atoms with Crippen LogP contribution in [-0.2, 0) is 16.1 Å². The van der Waals surface area contributed by atoms with Crippen molar-refractivity contribution in [2.45, 2.75) is 38.6 Å². The summed E-state index contributed by atoms with van der Waals surface area (Å²) in [5.41, 5.74) is 2.51. The Morgan fingerprint density at radius 3 is 2.59 bits per heavy atom. The zero-order valence-electron chi connectivity index (χ0n) is 18.2. The molecule has 0 saturated carbocycles. The maximum Gasteiger partial charge on any atom is 0.242 e. The predicted molar refractivity (Wildman–Crippen MR) is 126 cm³/mol. The van der Waals surface area contributed by atoms with Gasteiger partial charge < -0.3 is 14.4 Å². The highest BCUT2D eigenvalue weighted by atomic mass is 35.5. The van der Waals surface area contributed by atoms with Gasteiger partial charge in [0.2, 0.25) is 11.8 Å². The van der Waals surface area contributed by atoms with Crippen LogP contribution in [0.15, 0.2) is 48.5 Å². The number of para-hydroxylation sites is 3. The summed E-state index contributed by atoms with van der Waals surface area (Å²) in [5, 5.41) is 0.560. The molecule has 32 heavy (non-hydrogen) atoms. The van der Waals surface area contributed by atoms with E-state index in [9.17, 15) is 9.59 Å². The Morgan fingerprint density at radius 1 is 1.09 bits per heavy atom. The Balaban J connectivity index is 1.45. The molecule has 2 saturated heterocycles. The van der Waals surface area contributed by atoms with Gasteiger partial charge in [-0.15, -0.1) is 0 Å². The number of imidazole rings is 1. The summed E-state index contributed by atoms with van der Waals surface area (Å²) in [7, 11) is 0. The molecule has 2 amide bonds. The van der Waals surface area contributed by atoms with Gasteiger partial charge in [0.05, 0.1) is 21.7 Å². The Morgan fingerprint density at radius 2 is 1.81 bits per heavy atom. The number of halogens is 1. The second-order valence-corrected chi connectivity index (χ2v) is 9.37. The molecule has 0 N–H and O–H groups in total. The van der Waals surface area contributed by atoms with Crippen molar-refractivity contribution in [3.8, 4) is 0 Å². The summed E-state index contributed by atoms with van der Waals surface area (Å²) in [5.74, 6) is 1.52. The number of carbonyl (C=O) groups excluding carboxylic acids is 2. The van der Waals surface area contributed by atoms with Gasteiger partial charge in [-0.25, -0.2) is 4.98 Å². The van der Waals surface area contributed by atoms with Crippen LogP contribution in [0.25, 0.3) is 11.0 Å². The average molecular weight is 451 g/mol. The van der Waals surface area contributed by atoms with Gasteiger partial charge in [-0.3, -0.25) is 9.59 Å². The van der Waals surface area contributed by atoms with Gasteiger partial charge in [0.25, 0.3) is 0 Å². The van der Waals surface area contributed by atoms with E-state index in [-0.39, 0.29) is 24.3 Å². The van der Waals surface area contributed by atoms with Gasteiger partial charge in [-0.2, -0.15) is 0 Å². The summed E-state index contributed by atoms with van der Waals surface area (Å²) in [6.45, 7) is 4.61. The molecule has 0 radical (unpaired) electrons. The van der Waals surface area contributed by atoms with Crippen molar-refractivity contribution in [2.24, 2.45) is 5.92 Å². The number of piperidine rings is 1. The molecule has 5 rings (SSSR count). The molecule has 0 aliphatic carbocycles. The first kappa shape index (κ1) is 21.0. The second-order valence-electron chi connectivity index (χ2n) is 8.96. The number of hydrogen-bond acceptors (Lipinski definition) is 3. The number of hydrogen-bond donors (Lipinski definition) is 0. The van der Waals surface area contributed by atoms with E-state index < -0.39 is 0 Å². The first-order valence-corrected chi connectivity index (χ1v) is 11.7. The van der Waals surface area contributed by atoms with Crippen LogP contribution >= 0.6 is 11.6 Å². The molecule has 3 aromatic rings. The van der Waals surface area contributed by atoms with Crippen LogP contribution in [0, 0.1) is 5.92 Å². The van der Waals surface area contributed by atoms with E-state index in [0.717, 1.165) is 48.5 Å². The van der Waals surface area contributed by atoms with Crippen molar-refractivity contribution in [2.75, 3.05) is 24.5 Å². The highest BCUT2D eigenvalue weighted by Gasteiger charge is 2.36. The molecule has 0 bridgehead atoms. The zero-order chi connectivity index (χ0) is 22.2. The van der Waals surface area contributed by atoms with Gasteiger partial charge in [0.1, 0.15) is 12.4 Å². The largest absolute Gasteiger partial charge is 0.341 e. The number of likely N-dealkylation sites (tertiary alicyclic amines) is 1. The zero-order valence-corrected chi connectivity index (χ0v) is 19.0. The highest BCUT2D eigenvalue weighted by molar-refractivity contribution is 6.33. The molecule has 0 spiro atoms. The number of fused-ring (bicyclic) bond motifs is 1. The summed E-state index contributed by atoms with van der Waals surface area (Å²) in [4.78, 5) is 34.6. The van der Waals surface area contributed by atoms with Crippen molar-refractivity contribution < 1.29 is 9.59 Å². The van der Waals surface area contributed by atoms with Crippen LogP contribution in [0.1, 0.15) is 37.9 Å². The van der Waals surface area contributed by atoms with Crippen molar-refractivity contribution >= 4 is 40.1 Å². The molecule has 2 fully saturated rings. The molecule has 1 aromatic heterocycles. The highest BCUT2D eigenvalue weighted by Crippen LogP contribution is 2.36. The van der Waals surface area contributed by atoms with Crippen LogP contribution in [0.4, 0.5) is 5.69 Å². The minimum atomic E-state index is -0.0969. The average Bonchev–Trinajstić information content (AvgIpc) is 3.35. The number of aromatic nitrogens is 2. The molecule has 1 atom stereocenters. The van der Waals surface area contributed by atoms with E-state index in [1.807, 2.05) is 51.9 Å². The normalized spacial score (nSPS) is 19.8. The lowest BCUT2D eigenvalue weighted by Gasteiger charge is -2.30. The number of nitrogens with zero attached hydrogens (tertiary/aromatic N) is 4. The molecule has 166 valence electrons. The third-order valence-corrected chi connectivity index (χ3v) is 7.07. The molecule has 2 aromatic carbocycles. The molecule has 6 nitrogen and oxygen atoms in total. The van der Waals surface area contributed by atoms with E-state index in [4.69, 9.17) is 16.6 Å². The van der Waals surface area contributed by atoms with Crippen molar-refractivity contribution in [1.29, 1.82) is 0 Å². The molecule has 3 heterocycles. The van der Waals surface area contributed by atoms with Crippen LogP contribution in [0.2, 0.25) is 5.02 Å². The van der Waals surface area contributed by atoms with Crippen LogP contribution < -0.4 is 4.90 Å². The number of rotatable bonds is 4. The Kier molecular flexibility index (Phi) is 5.64. The van der Waals surface area contributed by atoms with Crippen LogP contribution in [0.5, 0.6) is 0 Å². The number of anilines is 1. The Hall–Kier alpha value is -2.86. The number of benzene rings is 2. The minimum Gasteiger partial charge on any atom is -0.341 e. The number of carbonyl (C=O) groups is 2. The molecule has 2 aliphatic rings. The minimum absolute atomic E-state index is 0.0260. The van der Waals surface area contributed by atoms with E-state index in [1.54, 1.807) is 11.0 Å².